The molecule has 1 heterocycles. The van der Waals surface area contributed by atoms with Crippen molar-refractivity contribution >= 4 is 33.7 Å². The maximum absolute atomic E-state index is 12.8. The molecule has 3 aromatic rings. The van der Waals surface area contributed by atoms with E-state index < -0.39 is 16.0 Å². The van der Waals surface area contributed by atoms with Gasteiger partial charge < -0.3 is 9.30 Å². The number of carbonyl (C=O) groups is 1. The molecule has 7 nitrogen and oxygen atoms in total. The van der Waals surface area contributed by atoms with Gasteiger partial charge in [-0.2, -0.15) is 0 Å². The molecular formula is C25H28ClN3O4S. The highest BCUT2D eigenvalue weighted by atomic mass is 35.5. The molecule has 0 amide bonds. The molecule has 1 atom stereocenters. The van der Waals surface area contributed by atoms with E-state index in [2.05, 4.69) is 14.4 Å². The smallest absolute Gasteiger partial charge is 0.330 e. The average molecular weight is 502 g/mol. The molecule has 2 aromatic carbocycles. The van der Waals surface area contributed by atoms with Crippen molar-refractivity contribution in [2.24, 2.45) is 0 Å². The van der Waals surface area contributed by atoms with Crippen LogP contribution in [0.15, 0.2) is 78.2 Å². The number of aryl methyl sites for hydroxylation is 1. The molecule has 0 saturated carbocycles. The van der Waals surface area contributed by atoms with Crippen molar-refractivity contribution in [3.05, 3.63) is 89.5 Å². The van der Waals surface area contributed by atoms with Crippen LogP contribution in [0.2, 0.25) is 5.02 Å². The third-order valence-corrected chi connectivity index (χ3v) is 7.13. The Morgan fingerprint density at radius 1 is 1.15 bits per heavy atom. The van der Waals surface area contributed by atoms with Crippen LogP contribution in [0, 0.1) is 0 Å². The Bertz CT molecular complexity index is 1180. The van der Waals surface area contributed by atoms with Crippen molar-refractivity contribution < 1.29 is 17.9 Å². The molecule has 0 radical (unpaired) electrons. The molecule has 0 fully saturated rings. The van der Waals surface area contributed by atoms with Crippen molar-refractivity contribution in [2.45, 2.75) is 36.6 Å². The number of halogens is 1. The first-order valence-electron chi connectivity index (χ1n) is 10.9. The molecule has 0 aliphatic rings. The minimum absolute atomic E-state index is 0.0106. The zero-order valence-electron chi connectivity index (χ0n) is 18.9. The van der Waals surface area contributed by atoms with Gasteiger partial charge in [-0.1, -0.05) is 42.3 Å². The van der Waals surface area contributed by atoms with Gasteiger partial charge in [0.2, 0.25) is 10.0 Å². The van der Waals surface area contributed by atoms with Gasteiger partial charge in [0.1, 0.15) is 0 Å². The van der Waals surface area contributed by atoms with E-state index >= 15 is 0 Å². The standard InChI is InChI=1S/C25H28ClN3O4S/c1-33-25(30)14-7-20-5-8-21(9-6-20)22(4-2-3-16-29-17-15-27-19-29)18-28-34(31,32)24-12-10-23(26)11-13-24/h5-15,17,19,22,28H,2-4,16,18H2,1H3. The Balaban J connectivity index is 1.68. The monoisotopic (exact) mass is 501 g/mol. The third-order valence-electron chi connectivity index (χ3n) is 5.44. The number of rotatable bonds is 12. The lowest BCUT2D eigenvalue weighted by Crippen LogP contribution is -2.28. The van der Waals surface area contributed by atoms with Crippen LogP contribution < -0.4 is 4.72 Å². The number of nitrogens with zero attached hydrogens (tertiary/aromatic N) is 2. The lowest BCUT2D eigenvalue weighted by atomic mass is 9.93. The number of carbonyl (C=O) groups excluding carboxylic acids is 1. The Morgan fingerprint density at radius 2 is 1.88 bits per heavy atom. The minimum Gasteiger partial charge on any atom is -0.466 e. The summed E-state index contributed by atoms with van der Waals surface area (Å²) in [7, 11) is -2.33. The second-order valence-corrected chi connectivity index (χ2v) is 10.0. The maximum atomic E-state index is 12.8. The predicted octanol–water partition coefficient (Wildman–Crippen LogP) is 4.66. The Kier molecular flexibility index (Phi) is 9.44. The molecule has 0 aliphatic heterocycles. The molecule has 1 aromatic heterocycles. The molecule has 0 spiro atoms. The van der Waals surface area contributed by atoms with Crippen LogP contribution in [-0.4, -0.2) is 37.6 Å². The minimum atomic E-state index is -3.66. The van der Waals surface area contributed by atoms with Crippen LogP contribution in [0.25, 0.3) is 6.08 Å². The SMILES string of the molecule is COC(=O)C=Cc1ccc(C(CCCCn2ccnc2)CNS(=O)(=O)c2ccc(Cl)cc2)cc1. The van der Waals surface area contributed by atoms with E-state index in [1.54, 1.807) is 30.7 Å². The van der Waals surface area contributed by atoms with E-state index in [-0.39, 0.29) is 17.4 Å². The van der Waals surface area contributed by atoms with Crippen LogP contribution in [0.3, 0.4) is 0 Å². The van der Waals surface area contributed by atoms with Crippen LogP contribution >= 0.6 is 11.6 Å². The molecule has 0 saturated heterocycles. The third kappa shape index (κ3) is 7.83. The number of methoxy groups -OCH3 is 1. The summed E-state index contributed by atoms with van der Waals surface area (Å²) < 4.78 is 35.0. The Morgan fingerprint density at radius 3 is 2.53 bits per heavy atom. The van der Waals surface area contributed by atoms with Crippen molar-refractivity contribution in [2.75, 3.05) is 13.7 Å². The van der Waals surface area contributed by atoms with Crippen molar-refractivity contribution in [1.82, 2.24) is 14.3 Å². The van der Waals surface area contributed by atoms with E-state index in [1.165, 1.54) is 25.3 Å². The number of nitrogens with one attached hydrogen (secondary N) is 1. The number of hydrogen-bond acceptors (Lipinski definition) is 5. The lowest BCUT2D eigenvalue weighted by molar-refractivity contribution is -0.134. The molecule has 3 rings (SSSR count). The molecular weight excluding hydrogens is 474 g/mol. The highest BCUT2D eigenvalue weighted by molar-refractivity contribution is 7.89. The first-order chi connectivity index (χ1) is 16.4. The zero-order chi connectivity index (χ0) is 24.4. The summed E-state index contributed by atoms with van der Waals surface area (Å²) in [6.07, 6.45) is 11.2. The number of hydrogen-bond donors (Lipinski definition) is 1. The fourth-order valence-corrected chi connectivity index (χ4v) is 4.72. The van der Waals surface area contributed by atoms with Crippen molar-refractivity contribution in [3.63, 3.8) is 0 Å². The summed E-state index contributed by atoms with van der Waals surface area (Å²) in [6.45, 7) is 1.13. The average Bonchev–Trinajstić information content (AvgIpc) is 3.36. The first-order valence-corrected chi connectivity index (χ1v) is 12.8. The van der Waals surface area contributed by atoms with Gasteiger partial charge >= 0.3 is 5.97 Å². The molecule has 34 heavy (non-hydrogen) atoms. The fourth-order valence-electron chi connectivity index (χ4n) is 3.51. The van der Waals surface area contributed by atoms with Crippen LogP contribution in [-0.2, 0) is 26.1 Å². The Labute approximate surface area is 205 Å². The van der Waals surface area contributed by atoms with Gasteiger partial charge in [0.05, 0.1) is 18.3 Å². The van der Waals surface area contributed by atoms with Crippen LogP contribution in [0.4, 0.5) is 0 Å². The highest BCUT2D eigenvalue weighted by Gasteiger charge is 2.18. The highest BCUT2D eigenvalue weighted by Crippen LogP contribution is 2.24. The predicted molar refractivity (Wildman–Crippen MR) is 133 cm³/mol. The molecule has 0 bridgehead atoms. The van der Waals surface area contributed by atoms with E-state index in [0.29, 0.717) is 5.02 Å². The molecule has 1 unspecified atom stereocenters. The van der Waals surface area contributed by atoms with Gasteiger partial charge in [0, 0.05) is 36.6 Å². The van der Waals surface area contributed by atoms with Gasteiger partial charge in [-0.25, -0.2) is 22.9 Å². The normalized spacial score (nSPS) is 12.6. The Hall–Kier alpha value is -2.94. The summed E-state index contributed by atoms with van der Waals surface area (Å²) in [5.74, 6) is -0.431. The second kappa shape index (κ2) is 12.5. The van der Waals surface area contributed by atoms with Gasteiger partial charge in [-0.05, 0) is 60.2 Å². The van der Waals surface area contributed by atoms with E-state index in [0.717, 1.165) is 36.9 Å². The van der Waals surface area contributed by atoms with Gasteiger partial charge in [0.15, 0.2) is 0 Å². The number of esters is 1. The quantitative estimate of drug-likeness (QED) is 0.221. The van der Waals surface area contributed by atoms with Gasteiger partial charge in [0.25, 0.3) is 0 Å². The number of ether oxygens (including phenoxy) is 1. The fraction of sp³-hybridized carbons (Fsp3) is 0.280. The van der Waals surface area contributed by atoms with E-state index in [4.69, 9.17) is 11.6 Å². The number of benzene rings is 2. The van der Waals surface area contributed by atoms with E-state index in [1.807, 2.05) is 35.0 Å². The summed E-state index contributed by atoms with van der Waals surface area (Å²) in [6, 6.07) is 13.8. The summed E-state index contributed by atoms with van der Waals surface area (Å²) >= 11 is 5.89. The molecule has 1 N–H and O–H groups in total. The molecule has 9 heteroatoms. The number of aromatic nitrogens is 2. The van der Waals surface area contributed by atoms with Gasteiger partial charge in [-0.15, -0.1) is 0 Å². The lowest BCUT2D eigenvalue weighted by Gasteiger charge is -2.19. The number of imidazole rings is 1. The maximum Gasteiger partial charge on any atom is 0.330 e. The largest absolute Gasteiger partial charge is 0.466 e. The second-order valence-electron chi connectivity index (χ2n) is 7.82. The van der Waals surface area contributed by atoms with Crippen molar-refractivity contribution in [1.29, 1.82) is 0 Å². The van der Waals surface area contributed by atoms with E-state index in [9.17, 15) is 13.2 Å². The zero-order valence-corrected chi connectivity index (χ0v) is 20.5. The number of sulfonamides is 1. The summed E-state index contributed by atoms with van der Waals surface area (Å²) in [5, 5.41) is 0.482. The van der Waals surface area contributed by atoms with Gasteiger partial charge in [-0.3, -0.25) is 0 Å². The van der Waals surface area contributed by atoms with Crippen LogP contribution in [0.1, 0.15) is 36.3 Å². The van der Waals surface area contributed by atoms with Crippen LogP contribution in [0.5, 0.6) is 0 Å². The molecule has 0 aliphatic carbocycles. The summed E-state index contributed by atoms with van der Waals surface area (Å²) in [4.78, 5) is 15.6. The molecule has 180 valence electrons. The first kappa shape index (κ1) is 25.7. The number of unbranched alkanes of at least 4 members (excludes halogenated alkanes) is 1. The summed E-state index contributed by atoms with van der Waals surface area (Å²) in [5.41, 5.74) is 1.88. The topological polar surface area (TPSA) is 90.3 Å². The van der Waals surface area contributed by atoms with Crippen molar-refractivity contribution in [3.8, 4) is 0 Å².